The molecule has 0 aliphatic rings. The average Bonchev–Trinajstić information content (AvgIpc) is 2.76. The van der Waals surface area contributed by atoms with E-state index in [0.717, 1.165) is 28.3 Å². The number of nitrogens with zero attached hydrogens (tertiary/aromatic N) is 3. The van der Waals surface area contributed by atoms with Crippen LogP contribution in [0.1, 0.15) is 11.1 Å². The highest BCUT2D eigenvalue weighted by Crippen LogP contribution is 2.20. The molecule has 0 unspecified atom stereocenters. The molecule has 0 radical (unpaired) electrons. The van der Waals surface area contributed by atoms with Gasteiger partial charge in [0.05, 0.1) is 6.42 Å². The molecular weight excluding hydrogens is 388 g/mol. The summed E-state index contributed by atoms with van der Waals surface area (Å²) in [6.07, 6.45) is 3.57. The van der Waals surface area contributed by atoms with Crippen LogP contribution in [0.15, 0.2) is 85.3 Å². The minimum atomic E-state index is -0.0526. The van der Waals surface area contributed by atoms with E-state index in [0.29, 0.717) is 18.1 Å². The molecule has 7 nitrogen and oxygen atoms in total. The highest BCUT2D eigenvalue weighted by atomic mass is 16.1. The fourth-order valence-electron chi connectivity index (χ4n) is 3.00. The number of hydrogen-bond donors (Lipinski definition) is 3. The van der Waals surface area contributed by atoms with Crippen molar-refractivity contribution in [2.24, 2.45) is 0 Å². The van der Waals surface area contributed by atoms with Crippen LogP contribution in [0, 0.1) is 6.92 Å². The van der Waals surface area contributed by atoms with Crippen LogP contribution in [0.3, 0.4) is 0 Å². The molecule has 0 aliphatic heterocycles. The van der Waals surface area contributed by atoms with E-state index in [-0.39, 0.29) is 5.91 Å². The van der Waals surface area contributed by atoms with Crippen LogP contribution >= 0.6 is 0 Å². The van der Waals surface area contributed by atoms with Gasteiger partial charge in [0.15, 0.2) is 0 Å². The summed E-state index contributed by atoms with van der Waals surface area (Å²) in [6.45, 7) is 2.01. The van der Waals surface area contributed by atoms with Crippen molar-refractivity contribution in [2.45, 2.75) is 13.3 Å². The molecule has 2 aromatic heterocycles. The molecule has 4 rings (SSSR count). The Labute approximate surface area is 180 Å². The van der Waals surface area contributed by atoms with Crippen molar-refractivity contribution in [3.8, 4) is 0 Å². The third kappa shape index (κ3) is 5.86. The lowest BCUT2D eigenvalue weighted by atomic mass is 10.1. The Bertz CT molecular complexity index is 1160. The summed E-state index contributed by atoms with van der Waals surface area (Å²) in [5, 5.41) is 9.32. The predicted octanol–water partition coefficient (Wildman–Crippen LogP) is 4.85. The molecule has 0 spiro atoms. The number of carbonyl (C=O) groups is 1. The molecule has 0 saturated carbocycles. The topological polar surface area (TPSA) is 91.8 Å². The second-order valence-corrected chi connectivity index (χ2v) is 7.04. The van der Waals surface area contributed by atoms with Gasteiger partial charge in [0.25, 0.3) is 0 Å². The van der Waals surface area contributed by atoms with Crippen LogP contribution in [0.5, 0.6) is 0 Å². The molecule has 0 fully saturated rings. The zero-order chi connectivity index (χ0) is 21.5. The first-order valence-electron chi connectivity index (χ1n) is 9.87. The van der Waals surface area contributed by atoms with Crippen molar-refractivity contribution in [2.75, 3.05) is 16.0 Å². The number of nitrogens with one attached hydrogen (secondary N) is 3. The van der Waals surface area contributed by atoms with Crippen molar-refractivity contribution in [1.82, 2.24) is 15.0 Å². The van der Waals surface area contributed by atoms with Gasteiger partial charge in [0.2, 0.25) is 5.91 Å². The van der Waals surface area contributed by atoms with Crippen LogP contribution in [0.25, 0.3) is 0 Å². The highest BCUT2D eigenvalue weighted by molar-refractivity contribution is 5.92. The quantitative estimate of drug-likeness (QED) is 0.403. The van der Waals surface area contributed by atoms with Gasteiger partial charge in [-0.1, -0.05) is 30.3 Å². The number of carbonyl (C=O) groups excluding carboxylic acids is 1. The van der Waals surface area contributed by atoms with Gasteiger partial charge in [-0.05, 0) is 54.4 Å². The molecule has 4 aromatic rings. The maximum Gasteiger partial charge on any atom is 0.228 e. The van der Waals surface area contributed by atoms with Crippen molar-refractivity contribution < 1.29 is 4.79 Å². The Kier molecular flexibility index (Phi) is 6.13. The minimum absolute atomic E-state index is 0.0526. The maximum absolute atomic E-state index is 12.2. The molecule has 0 aliphatic carbocycles. The fourth-order valence-corrected chi connectivity index (χ4v) is 3.00. The zero-order valence-electron chi connectivity index (χ0n) is 17.0. The van der Waals surface area contributed by atoms with Crippen LogP contribution in [0.4, 0.5) is 28.8 Å². The van der Waals surface area contributed by atoms with Gasteiger partial charge in [0.1, 0.15) is 23.8 Å². The van der Waals surface area contributed by atoms with E-state index in [2.05, 4.69) is 30.9 Å². The monoisotopic (exact) mass is 410 g/mol. The van der Waals surface area contributed by atoms with Gasteiger partial charge in [-0.15, -0.1) is 0 Å². The van der Waals surface area contributed by atoms with Gasteiger partial charge >= 0.3 is 0 Å². The SMILES string of the molecule is Cc1ccnc(Nc2cc(Nc3ccc(NC(=O)Cc4ccccc4)cc3)ncn2)c1. The summed E-state index contributed by atoms with van der Waals surface area (Å²) in [7, 11) is 0. The molecule has 2 aromatic carbocycles. The van der Waals surface area contributed by atoms with Crippen molar-refractivity contribution in [3.63, 3.8) is 0 Å². The molecule has 7 heteroatoms. The standard InChI is InChI=1S/C24H22N6O/c1-17-11-12-25-21(13-17)30-23-15-22(26-16-27-23)28-19-7-9-20(10-8-19)29-24(31)14-18-5-3-2-4-6-18/h2-13,15-16H,14H2,1H3,(H,29,31)(H2,25,26,27,28,30). The van der Waals surface area contributed by atoms with Gasteiger partial charge in [0, 0.05) is 23.6 Å². The lowest BCUT2D eigenvalue weighted by Gasteiger charge is -2.10. The van der Waals surface area contributed by atoms with Crippen LogP contribution in [-0.2, 0) is 11.2 Å². The van der Waals surface area contributed by atoms with Gasteiger partial charge < -0.3 is 16.0 Å². The number of anilines is 5. The highest BCUT2D eigenvalue weighted by Gasteiger charge is 2.05. The smallest absolute Gasteiger partial charge is 0.228 e. The molecule has 0 atom stereocenters. The van der Waals surface area contributed by atoms with E-state index >= 15 is 0 Å². The first-order chi connectivity index (χ1) is 15.1. The molecular formula is C24H22N6O. The van der Waals surface area contributed by atoms with Gasteiger partial charge in [-0.25, -0.2) is 15.0 Å². The summed E-state index contributed by atoms with van der Waals surface area (Å²) >= 11 is 0. The van der Waals surface area contributed by atoms with Crippen molar-refractivity contribution in [1.29, 1.82) is 0 Å². The predicted molar refractivity (Wildman–Crippen MR) is 123 cm³/mol. The Hall–Kier alpha value is -4.26. The van der Waals surface area contributed by atoms with Crippen LogP contribution in [0.2, 0.25) is 0 Å². The molecule has 0 bridgehead atoms. The lowest BCUT2D eigenvalue weighted by molar-refractivity contribution is -0.115. The molecule has 2 heterocycles. The van der Waals surface area contributed by atoms with E-state index < -0.39 is 0 Å². The first-order valence-corrected chi connectivity index (χ1v) is 9.87. The van der Waals surface area contributed by atoms with Crippen LogP contribution in [-0.4, -0.2) is 20.9 Å². The summed E-state index contributed by atoms with van der Waals surface area (Å²) in [5.74, 6) is 1.95. The molecule has 3 N–H and O–H groups in total. The number of pyridine rings is 1. The third-order valence-electron chi connectivity index (χ3n) is 4.49. The minimum Gasteiger partial charge on any atom is -0.340 e. The Morgan fingerprint density at radius 3 is 2.19 bits per heavy atom. The summed E-state index contributed by atoms with van der Waals surface area (Å²) in [6, 6.07) is 22.8. The van der Waals surface area contributed by atoms with E-state index in [1.54, 1.807) is 12.3 Å². The van der Waals surface area contributed by atoms with Crippen molar-refractivity contribution in [3.05, 3.63) is 96.4 Å². The third-order valence-corrected chi connectivity index (χ3v) is 4.49. The lowest BCUT2D eigenvalue weighted by Crippen LogP contribution is -2.14. The van der Waals surface area contributed by atoms with Gasteiger partial charge in [-0.3, -0.25) is 4.79 Å². The number of aromatic nitrogens is 3. The number of benzene rings is 2. The van der Waals surface area contributed by atoms with E-state index in [1.165, 1.54) is 6.33 Å². The first kappa shape index (κ1) is 20.0. The van der Waals surface area contributed by atoms with Gasteiger partial charge in [-0.2, -0.15) is 0 Å². The molecule has 154 valence electrons. The van der Waals surface area contributed by atoms with Crippen LogP contribution < -0.4 is 16.0 Å². The van der Waals surface area contributed by atoms with E-state index in [1.807, 2.05) is 73.7 Å². The number of amides is 1. The number of hydrogen-bond acceptors (Lipinski definition) is 6. The number of rotatable bonds is 7. The normalized spacial score (nSPS) is 10.4. The largest absolute Gasteiger partial charge is 0.340 e. The Morgan fingerprint density at radius 2 is 1.45 bits per heavy atom. The Balaban J connectivity index is 1.36. The average molecular weight is 410 g/mol. The number of aryl methyl sites for hydroxylation is 1. The molecule has 1 amide bonds. The summed E-state index contributed by atoms with van der Waals surface area (Å²) < 4.78 is 0. The summed E-state index contributed by atoms with van der Waals surface area (Å²) in [5.41, 5.74) is 3.68. The molecule has 0 saturated heterocycles. The second-order valence-electron chi connectivity index (χ2n) is 7.04. The van der Waals surface area contributed by atoms with E-state index in [9.17, 15) is 4.79 Å². The second kappa shape index (κ2) is 9.49. The summed E-state index contributed by atoms with van der Waals surface area (Å²) in [4.78, 5) is 25.0. The maximum atomic E-state index is 12.2. The zero-order valence-corrected chi connectivity index (χ0v) is 17.0. The van der Waals surface area contributed by atoms with E-state index in [4.69, 9.17) is 0 Å². The Morgan fingerprint density at radius 1 is 0.774 bits per heavy atom. The van der Waals surface area contributed by atoms with Crippen molar-refractivity contribution >= 4 is 34.7 Å². The molecule has 31 heavy (non-hydrogen) atoms. The fraction of sp³-hybridized carbons (Fsp3) is 0.0833.